The van der Waals surface area contributed by atoms with Crippen LogP contribution in [0.2, 0.25) is 0 Å². The Morgan fingerprint density at radius 2 is 2.18 bits per heavy atom. The van der Waals surface area contributed by atoms with Crippen LogP contribution < -0.4 is 11.0 Å². The van der Waals surface area contributed by atoms with Gasteiger partial charge in [-0.25, -0.2) is 9.48 Å². The molecule has 4 rings (SSSR count). The Bertz CT molecular complexity index is 697. The van der Waals surface area contributed by atoms with Crippen LogP contribution >= 0.6 is 12.4 Å². The summed E-state index contributed by atoms with van der Waals surface area (Å²) >= 11 is 0. The minimum atomic E-state index is -0.0389. The van der Waals surface area contributed by atoms with Crippen LogP contribution in [0, 0.1) is 5.92 Å². The number of hydrogen-bond donors (Lipinski definition) is 1. The monoisotopic (exact) mass is 323 g/mol. The smallest absolute Gasteiger partial charge is 0.314 e. The lowest BCUT2D eigenvalue weighted by atomic mass is 9.93. The fourth-order valence-electron chi connectivity index (χ4n) is 3.68. The molecule has 2 atom stereocenters. The van der Waals surface area contributed by atoms with Crippen LogP contribution in [0.4, 0.5) is 0 Å². The molecule has 0 bridgehead atoms. The predicted octanol–water partition coefficient (Wildman–Crippen LogP) is 0.602. The lowest BCUT2D eigenvalue weighted by molar-refractivity contribution is 0.156. The molecule has 0 radical (unpaired) electrons. The molecule has 0 saturated carbocycles. The first-order chi connectivity index (χ1) is 10.3. The first-order valence-corrected chi connectivity index (χ1v) is 7.81. The van der Waals surface area contributed by atoms with Crippen molar-refractivity contribution in [3.05, 3.63) is 34.9 Å². The van der Waals surface area contributed by atoms with Crippen LogP contribution in [0.1, 0.15) is 12.8 Å². The van der Waals surface area contributed by atoms with Gasteiger partial charge < -0.3 is 10.2 Å². The molecule has 2 aliphatic rings. The summed E-state index contributed by atoms with van der Waals surface area (Å²) < 4.78 is 3.20. The molecule has 2 fully saturated rings. The summed E-state index contributed by atoms with van der Waals surface area (Å²) in [5, 5.41) is 7.97. The summed E-state index contributed by atoms with van der Waals surface area (Å²) in [6, 6.07) is 6.36. The molecule has 1 N–H and O–H groups in total. The Kier molecular flexibility index (Phi) is 4.52. The van der Waals surface area contributed by atoms with E-state index in [9.17, 15) is 4.79 Å². The maximum Gasteiger partial charge on any atom is 0.350 e. The highest BCUT2D eigenvalue weighted by Crippen LogP contribution is 2.24. The van der Waals surface area contributed by atoms with Crippen LogP contribution in [0.3, 0.4) is 0 Å². The van der Waals surface area contributed by atoms with E-state index in [1.54, 1.807) is 15.3 Å². The third-order valence-corrected chi connectivity index (χ3v) is 4.86. The number of hydrogen-bond acceptors (Lipinski definition) is 4. The van der Waals surface area contributed by atoms with E-state index in [1.807, 2.05) is 18.2 Å². The van der Waals surface area contributed by atoms with Crippen LogP contribution in [0.5, 0.6) is 0 Å². The maximum absolute atomic E-state index is 12.2. The zero-order chi connectivity index (χ0) is 14.2. The molecule has 0 aromatic carbocycles. The van der Waals surface area contributed by atoms with Crippen molar-refractivity contribution in [1.82, 2.24) is 24.4 Å². The molecule has 22 heavy (non-hydrogen) atoms. The predicted molar refractivity (Wildman–Crippen MR) is 87.7 cm³/mol. The molecule has 0 spiro atoms. The fourth-order valence-corrected chi connectivity index (χ4v) is 3.68. The topological polar surface area (TPSA) is 54.6 Å². The maximum atomic E-state index is 12.2. The molecular weight excluding hydrogens is 302 g/mol. The highest BCUT2D eigenvalue weighted by Gasteiger charge is 2.32. The van der Waals surface area contributed by atoms with Crippen molar-refractivity contribution >= 4 is 18.1 Å². The van der Waals surface area contributed by atoms with E-state index in [2.05, 4.69) is 15.3 Å². The van der Waals surface area contributed by atoms with E-state index in [0.29, 0.717) is 6.54 Å². The molecule has 2 aromatic rings. The Labute approximate surface area is 135 Å². The molecule has 2 aromatic heterocycles. The molecule has 0 aliphatic carbocycles. The van der Waals surface area contributed by atoms with Gasteiger partial charge in [0, 0.05) is 25.3 Å². The SMILES string of the molecule is Cl.O=c1n(CCN2CCC3NCCC3C2)nc2ccccn12. The molecule has 0 amide bonds. The largest absolute Gasteiger partial charge is 0.350 e. The van der Waals surface area contributed by atoms with Crippen molar-refractivity contribution < 1.29 is 0 Å². The lowest BCUT2D eigenvalue weighted by Gasteiger charge is -2.34. The molecule has 2 aliphatic heterocycles. The summed E-state index contributed by atoms with van der Waals surface area (Å²) in [5.41, 5.74) is 0.684. The van der Waals surface area contributed by atoms with E-state index >= 15 is 0 Å². The second-order valence-corrected chi connectivity index (χ2v) is 6.13. The van der Waals surface area contributed by atoms with Crippen molar-refractivity contribution in [2.45, 2.75) is 25.4 Å². The summed E-state index contributed by atoms with van der Waals surface area (Å²) in [4.78, 5) is 14.7. The third kappa shape index (κ3) is 2.78. The zero-order valence-corrected chi connectivity index (χ0v) is 13.3. The molecule has 4 heterocycles. The normalized spacial score (nSPS) is 25.1. The van der Waals surface area contributed by atoms with Crippen LogP contribution in [-0.2, 0) is 6.54 Å². The number of aromatic nitrogens is 3. The average Bonchev–Trinajstić information content (AvgIpc) is 3.10. The summed E-state index contributed by atoms with van der Waals surface area (Å²) in [6.07, 6.45) is 4.29. The Morgan fingerprint density at radius 3 is 3.05 bits per heavy atom. The molecule has 6 nitrogen and oxygen atoms in total. The van der Waals surface area contributed by atoms with Gasteiger partial charge in [-0.3, -0.25) is 4.40 Å². The van der Waals surface area contributed by atoms with Crippen molar-refractivity contribution in [2.75, 3.05) is 26.2 Å². The van der Waals surface area contributed by atoms with Crippen LogP contribution in [0.25, 0.3) is 5.65 Å². The fraction of sp³-hybridized carbons (Fsp3) is 0.600. The third-order valence-electron chi connectivity index (χ3n) is 4.86. The Balaban J connectivity index is 0.00000144. The second-order valence-electron chi connectivity index (χ2n) is 6.13. The van der Waals surface area contributed by atoms with Crippen molar-refractivity contribution in [3.63, 3.8) is 0 Å². The lowest BCUT2D eigenvalue weighted by Crippen LogP contribution is -2.45. The highest BCUT2D eigenvalue weighted by molar-refractivity contribution is 5.85. The summed E-state index contributed by atoms with van der Waals surface area (Å²) in [5.74, 6) is 0.788. The van der Waals surface area contributed by atoms with Gasteiger partial charge in [0.25, 0.3) is 0 Å². The van der Waals surface area contributed by atoms with E-state index < -0.39 is 0 Å². The van der Waals surface area contributed by atoms with E-state index in [0.717, 1.165) is 43.8 Å². The standard InChI is InChI=1S/C15H21N5O.ClH/c21-15-19-7-2-1-3-14(19)17-20(15)10-9-18-8-5-13-12(11-18)4-6-16-13;/h1-3,7,12-13,16H,4-6,8-11H2;1H. The molecule has 7 heteroatoms. The number of piperidine rings is 1. The minimum absolute atomic E-state index is 0. The number of nitrogens with one attached hydrogen (secondary N) is 1. The second kappa shape index (κ2) is 6.40. The minimum Gasteiger partial charge on any atom is -0.314 e. The van der Waals surface area contributed by atoms with Crippen molar-refractivity contribution in [1.29, 1.82) is 0 Å². The van der Waals surface area contributed by atoms with Gasteiger partial charge in [-0.1, -0.05) is 6.07 Å². The van der Waals surface area contributed by atoms with Crippen LogP contribution in [-0.4, -0.2) is 51.3 Å². The number of nitrogens with zero attached hydrogens (tertiary/aromatic N) is 4. The van der Waals surface area contributed by atoms with Gasteiger partial charge in [-0.05, 0) is 44.0 Å². The van der Waals surface area contributed by atoms with Gasteiger partial charge in [0.15, 0.2) is 5.65 Å². The van der Waals surface area contributed by atoms with Crippen LogP contribution in [0.15, 0.2) is 29.2 Å². The highest BCUT2D eigenvalue weighted by atomic mass is 35.5. The van der Waals surface area contributed by atoms with Gasteiger partial charge in [-0.2, -0.15) is 0 Å². The first-order valence-electron chi connectivity index (χ1n) is 7.81. The van der Waals surface area contributed by atoms with E-state index in [4.69, 9.17) is 0 Å². The van der Waals surface area contributed by atoms with Gasteiger partial charge in [0.05, 0.1) is 6.54 Å². The first kappa shape index (κ1) is 15.5. The number of pyridine rings is 1. The quantitative estimate of drug-likeness (QED) is 0.899. The average molecular weight is 324 g/mol. The summed E-state index contributed by atoms with van der Waals surface area (Å²) in [7, 11) is 0. The van der Waals surface area contributed by atoms with Gasteiger partial charge in [-0.15, -0.1) is 17.5 Å². The van der Waals surface area contributed by atoms with Gasteiger partial charge in [0.1, 0.15) is 0 Å². The number of halogens is 1. The summed E-state index contributed by atoms with van der Waals surface area (Å²) in [6.45, 7) is 5.02. The number of fused-ring (bicyclic) bond motifs is 2. The van der Waals surface area contributed by atoms with E-state index in [-0.39, 0.29) is 18.1 Å². The number of likely N-dealkylation sites (tertiary alicyclic amines) is 1. The number of rotatable bonds is 3. The van der Waals surface area contributed by atoms with E-state index in [1.165, 1.54) is 12.8 Å². The Morgan fingerprint density at radius 1 is 1.27 bits per heavy atom. The molecular formula is C15H22ClN5O. The van der Waals surface area contributed by atoms with Gasteiger partial charge >= 0.3 is 5.69 Å². The van der Waals surface area contributed by atoms with Crippen molar-refractivity contribution in [2.24, 2.45) is 5.92 Å². The molecule has 120 valence electrons. The Hall–Kier alpha value is -1.37. The molecule has 2 saturated heterocycles. The van der Waals surface area contributed by atoms with Crippen molar-refractivity contribution in [3.8, 4) is 0 Å². The molecule has 2 unspecified atom stereocenters. The van der Waals surface area contributed by atoms with Gasteiger partial charge in [0.2, 0.25) is 0 Å². The zero-order valence-electron chi connectivity index (χ0n) is 12.5.